The van der Waals surface area contributed by atoms with E-state index in [0.29, 0.717) is 12.4 Å². The number of amides is 1. The Morgan fingerprint density at radius 2 is 2.29 bits per heavy atom. The van der Waals surface area contributed by atoms with Crippen LogP contribution in [0.4, 0.5) is 0 Å². The topological polar surface area (TPSA) is 51.2 Å². The maximum Gasteiger partial charge on any atom is 0.223 e. The van der Waals surface area contributed by atoms with Gasteiger partial charge in [0.05, 0.1) is 7.11 Å². The number of pyridine rings is 1. The van der Waals surface area contributed by atoms with Crippen LogP contribution in [0.1, 0.15) is 32.3 Å². The number of carbonyl (C=O) groups is 1. The highest BCUT2D eigenvalue weighted by atomic mass is 16.5. The van der Waals surface area contributed by atoms with Crippen LogP contribution in [0.3, 0.4) is 0 Å². The summed E-state index contributed by atoms with van der Waals surface area (Å²) in [6, 6.07) is 3.69. The van der Waals surface area contributed by atoms with E-state index in [9.17, 15) is 4.79 Å². The van der Waals surface area contributed by atoms with E-state index < -0.39 is 0 Å². The third-order valence-electron chi connectivity index (χ3n) is 2.64. The Hall–Kier alpha value is -1.58. The van der Waals surface area contributed by atoms with Gasteiger partial charge in [-0.25, -0.2) is 4.98 Å². The lowest BCUT2D eigenvalue weighted by molar-refractivity contribution is -0.124. The number of ether oxygens (including phenoxy) is 1. The van der Waals surface area contributed by atoms with Crippen LogP contribution in [0, 0.1) is 5.92 Å². The second kappa shape index (κ2) is 6.89. The summed E-state index contributed by atoms with van der Waals surface area (Å²) >= 11 is 0. The van der Waals surface area contributed by atoms with Gasteiger partial charge < -0.3 is 10.1 Å². The molecule has 0 bridgehead atoms. The highest BCUT2D eigenvalue weighted by Gasteiger charge is 2.10. The van der Waals surface area contributed by atoms with Crippen molar-refractivity contribution in [1.29, 1.82) is 0 Å². The van der Waals surface area contributed by atoms with Gasteiger partial charge in [-0.3, -0.25) is 4.79 Å². The number of hydrogen-bond donors (Lipinski definition) is 1. The molecule has 0 aliphatic heterocycles. The minimum Gasteiger partial charge on any atom is -0.481 e. The number of nitrogens with one attached hydrogen (secondary N) is 1. The Bertz CT molecular complexity index is 349. The number of rotatable bonds is 6. The first-order chi connectivity index (χ1) is 8.17. The SMILES string of the molecule is CCCC(C)C(=O)NCc1ccc(OC)nc1. The zero-order valence-corrected chi connectivity index (χ0v) is 10.7. The van der Waals surface area contributed by atoms with Crippen LogP contribution in [-0.4, -0.2) is 18.0 Å². The largest absolute Gasteiger partial charge is 0.481 e. The van der Waals surface area contributed by atoms with Crippen molar-refractivity contribution in [3.63, 3.8) is 0 Å². The molecule has 4 nitrogen and oxygen atoms in total. The maximum atomic E-state index is 11.7. The predicted octanol–water partition coefficient (Wildman–Crippen LogP) is 2.14. The molecule has 1 amide bonds. The lowest BCUT2D eigenvalue weighted by Gasteiger charge is -2.11. The van der Waals surface area contributed by atoms with Gasteiger partial charge in [-0.2, -0.15) is 0 Å². The fourth-order valence-corrected chi connectivity index (χ4v) is 1.56. The number of hydrogen-bond acceptors (Lipinski definition) is 3. The van der Waals surface area contributed by atoms with Crippen molar-refractivity contribution in [1.82, 2.24) is 10.3 Å². The van der Waals surface area contributed by atoms with E-state index in [1.165, 1.54) is 0 Å². The molecule has 1 heterocycles. The summed E-state index contributed by atoms with van der Waals surface area (Å²) in [5.41, 5.74) is 0.975. The number of carbonyl (C=O) groups excluding carboxylic acids is 1. The molecular formula is C13H20N2O2. The van der Waals surface area contributed by atoms with E-state index in [4.69, 9.17) is 4.74 Å². The maximum absolute atomic E-state index is 11.7. The molecule has 1 rings (SSSR count). The summed E-state index contributed by atoms with van der Waals surface area (Å²) in [5, 5.41) is 2.90. The molecule has 17 heavy (non-hydrogen) atoms. The van der Waals surface area contributed by atoms with Crippen LogP contribution < -0.4 is 10.1 Å². The molecule has 1 unspecified atom stereocenters. The van der Waals surface area contributed by atoms with Crippen molar-refractivity contribution in [2.24, 2.45) is 5.92 Å². The number of nitrogens with zero attached hydrogens (tertiary/aromatic N) is 1. The van der Waals surface area contributed by atoms with E-state index in [-0.39, 0.29) is 11.8 Å². The average Bonchev–Trinajstić information content (AvgIpc) is 2.36. The molecule has 0 fully saturated rings. The Labute approximate surface area is 102 Å². The van der Waals surface area contributed by atoms with Crippen LogP contribution in [0.5, 0.6) is 5.88 Å². The molecule has 1 N–H and O–H groups in total. The minimum atomic E-state index is 0.0752. The summed E-state index contributed by atoms with van der Waals surface area (Å²) < 4.78 is 4.97. The predicted molar refractivity (Wildman–Crippen MR) is 66.7 cm³/mol. The van der Waals surface area contributed by atoms with Crippen LogP contribution in [0.15, 0.2) is 18.3 Å². The first-order valence-corrected chi connectivity index (χ1v) is 5.94. The monoisotopic (exact) mass is 236 g/mol. The fourth-order valence-electron chi connectivity index (χ4n) is 1.56. The summed E-state index contributed by atoms with van der Waals surface area (Å²) in [5.74, 6) is 0.758. The zero-order chi connectivity index (χ0) is 12.7. The highest BCUT2D eigenvalue weighted by Crippen LogP contribution is 2.08. The molecule has 0 aromatic carbocycles. The summed E-state index contributed by atoms with van der Waals surface area (Å²) in [6.07, 6.45) is 3.66. The molecule has 0 saturated carbocycles. The van der Waals surface area contributed by atoms with Gasteiger partial charge in [-0.1, -0.05) is 26.3 Å². The summed E-state index contributed by atoms with van der Waals surface area (Å²) in [4.78, 5) is 15.8. The standard InChI is InChI=1S/C13H20N2O2/c1-4-5-10(2)13(16)15-9-11-6-7-12(17-3)14-8-11/h6-8,10H,4-5,9H2,1-3H3,(H,15,16). The molecular weight excluding hydrogens is 216 g/mol. The Kier molecular flexibility index (Phi) is 5.46. The fraction of sp³-hybridized carbons (Fsp3) is 0.538. The molecule has 0 spiro atoms. The summed E-state index contributed by atoms with van der Waals surface area (Å²) in [6.45, 7) is 4.55. The van der Waals surface area contributed by atoms with Crippen LogP contribution in [0.25, 0.3) is 0 Å². The highest BCUT2D eigenvalue weighted by molar-refractivity contribution is 5.78. The van der Waals surface area contributed by atoms with Crippen molar-refractivity contribution >= 4 is 5.91 Å². The second-order valence-corrected chi connectivity index (χ2v) is 4.12. The third-order valence-corrected chi connectivity index (χ3v) is 2.64. The number of aromatic nitrogens is 1. The van der Waals surface area contributed by atoms with E-state index in [2.05, 4.69) is 17.2 Å². The van der Waals surface area contributed by atoms with Gasteiger partial charge in [-0.15, -0.1) is 0 Å². The van der Waals surface area contributed by atoms with E-state index in [0.717, 1.165) is 18.4 Å². The van der Waals surface area contributed by atoms with Gasteiger partial charge in [0.15, 0.2) is 0 Å². The molecule has 1 aromatic rings. The van der Waals surface area contributed by atoms with Crippen molar-refractivity contribution in [3.8, 4) is 5.88 Å². The zero-order valence-electron chi connectivity index (χ0n) is 10.7. The van der Waals surface area contributed by atoms with E-state index >= 15 is 0 Å². The lowest BCUT2D eigenvalue weighted by Crippen LogP contribution is -2.28. The van der Waals surface area contributed by atoms with Crippen LogP contribution in [-0.2, 0) is 11.3 Å². The Morgan fingerprint density at radius 3 is 2.82 bits per heavy atom. The van der Waals surface area contributed by atoms with Gasteiger partial charge in [-0.05, 0) is 12.0 Å². The van der Waals surface area contributed by atoms with Crippen LogP contribution in [0.2, 0.25) is 0 Å². The van der Waals surface area contributed by atoms with Crippen molar-refractivity contribution in [3.05, 3.63) is 23.9 Å². The van der Waals surface area contributed by atoms with Gasteiger partial charge in [0.1, 0.15) is 0 Å². The Morgan fingerprint density at radius 1 is 1.53 bits per heavy atom. The van der Waals surface area contributed by atoms with E-state index in [1.54, 1.807) is 19.4 Å². The van der Waals surface area contributed by atoms with Gasteiger partial charge >= 0.3 is 0 Å². The average molecular weight is 236 g/mol. The molecule has 0 aliphatic carbocycles. The first-order valence-electron chi connectivity index (χ1n) is 5.94. The van der Waals surface area contributed by atoms with Gasteiger partial charge in [0.2, 0.25) is 11.8 Å². The lowest BCUT2D eigenvalue weighted by atomic mass is 10.1. The molecule has 1 atom stereocenters. The molecule has 0 saturated heterocycles. The van der Waals surface area contributed by atoms with Crippen molar-refractivity contribution < 1.29 is 9.53 Å². The first kappa shape index (κ1) is 13.5. The third kappa shape index (κ3) is 4.43. The molecule has 94 valence electrons. The van der Waals surface area contributed by atoms with Crippen molar-refractivity contribution in [2.75, 3.05) is 7.11 Å². The number of methoxy groups -OCH3 is 1. The normalized spacial score (nSPS) is 11.9. The van der Waals surface area contributed by atoms with Crippen LogP contribution >= 0.6 is 0 Å². The van der Waals surface area contributed by atoms with Gasteiger partial charge in [0.25, 0.3) is 0 Å². The van der Waals surface area contributed by atoms with Crippen molar-refractivity contribution in [2.45, 2.75) is 33.2 Å². The minimum absolute atomic E-state index is 0.0752. The second-order valence-electron chi connectivity index (χ2n) is 4.12. The smallest absolute Gasteiger partial charge is 0.223 e. The molecule has 1 aromatic heterocycles. The quantitative estimate of drug-likeness (QED) is 0.823. The summed E-state index contributed by atoms with van der Waals surface area (Å²) in [7, 11) is 1.58. The van der Waals surface area contributed by atoms with Gasteiger partial charge in [0, 0.05) is 24.7 Å². The molecule has 0 aliphatic rings. The molecule has 0 radical (unpaired) electrons. The molecule has 4 heteroatoms. The van der Waals surface area contributed by atoms with E-state index in [1.807, 2.05) is 13.0 Å². The Balaban J connectivity index is 2.41.